The Balaban J connectivity index is 1.39. The van der Waals surface area contributed by atoms with Crippen LogP contribution in [0.25, 0.3) is 10.9 Å². The average molecular weight is 368 g/mol. The molecule has 0 spiro atoms. The summed E-state index contributed by atoms with van der Waals surface area (Å²) in [7, 11) is 0. The molecule has 0 unspecified atom stereocenters. The van der Waals surface area contributed by atoms with Crippen LogP contribution in [0.15, 0.2) is 36.4 Å². The molecule has 0 aliphatic carbocycles. The van der Waals surface area contributed by atoms with Crippen molar-refractivity contribution < 1.29 is 4.79 Å². The summed E-state index contributed by atoms with van der Waals surface area (Å²) in [6.45, 7) is 1.69. The van der Waals surface area contributed by atoms with Crippen LogP contribution >= 0.6 is 0 Å². The van der Waals surface area contributed by atoms with E-state index in [9.17, 15) is 4.79 Å². The molecule has 2 heteroatoms. The van der Waals surface area contributed by atoms with Gasteiger partial charge in [-0.2, -0.15) is 0 Å². The summed E-state index contributed by atoms with van der Waals surface area (Å²) in [6.07, 6.45) is 17.7. The first-order chi connectivity index (χ1) is 13.3. The van der Waals surface area contributed by atoms with Crippen molar-refractivity contribution in [2.75, 3.05) is 0 Å². The van der Waals surface area contributed by atoms with Crippen molar-refractivity contribution in [3.8, 4) is 0 Å². The van der Waals surface area contributed by atoms with Gasteiger partial charge in [-0.3, -0.25) is 4.98 Å². The molecular formula is C25H37NO. The van der Waals surface area contributed by atoms with E-state index in [-0.39, 0.29) is 0 Å². The van der Waals surface area contributed by atoms with Crippen LogP contribution in [0.3, 0.4) is 0 Å². The lowest BCUT2D eigenvalue weighted by molar-refractivity contribution is -0.117. The number of unbranched alkanes of at least 4 members (excludes halogenated alkanes) is 11. The van der Waals surface area contributed by atoms with E-state index in [1.54, 1.807) is 6.92 Å². The standard InChI is InChI=1S/C25H37NO/c1-22(27)16-12-10-8-6-4-2-3-5-7-9-11-13-18-24-21-20-23-17-14-15-19-25(23)26-24/h14-15,17,19-21H,2-13,16,18H2,1H3. The molecule has 0 radical (unpaired) electrons. The fraction of sp³-hybridized carbons (Fsp3) is 0.600. The van der Waals surface area contributed by atoms with E-state index in [1.165, 1.54) is 81.7 Å². The van der Waals surface area contributed by atoms with E-state index < -0.39 is 0 Å². The first kappa shape index (κ1) is 21.6. The van der Waals surface area contributed by atoms with Gasteiger partial charge in [-0.1, -0.05) is 88.5 Å². The third kappa shape index (κ3) is 9.70. The first-order valence-corrected chi connectivity index (χ1v) is 11.1. The molecule has 1 aromatic carbocycles. The van der Waals surface area contributed by atoms with Crippen LogP contribution in [0.5, 0.6) is 0 Å². The smallest absolute Gasteiger partial charge is 0.129 e. The van der Waals surface area contributed by atoms with Gasteiger partial charge in [0, 0.05) is 17.5 Å². The maximum Gasteiger partial charge on any atom is 0.129 e. The molecule has 148 valence electrons. The van der Waals surface area contributed by atoms with Gasteiger partial charge < -0.3 is 4.79 Å². The Hall–Kier alpha value is -1.70. The second-order valence-electron chi connectivity index (χ2n) is 7.94. The minimum Gasteiger partial charge on any atom is -0.300 e. The molecule has 0 aliphatic heterocycles. The van der Waals surface area contributed by atoms with Crippen LogP contribution in [0, 0.1) is 0 Å². The lowest BCUT2D eigenvalue weighted by Gasteiger charge is -2.04. The number of ketones is 1. The fourth-order valence-electron chi connectivity index (χ4n) is 3.70. The topological polar surface area (TPSA) is 30.0 Å². The summed E-state index contributed by atoms with van der Waals surface area (Å²) >= 11 is 0. The number of Topliss-reactive ketones (excluding diaryl/α,β-unsaturated/α-hetero) is 1. The van der Waals surface area contributed by atoms with Gasteiger partial charge in [-0.25, -0.2) is 0 Å². The number of benzene rings is 1. The van der Waals surface area contributed by atoms with Gasteiger partial charge in [0.25, 0.3) is 0 Å². The SMILES string of the molecule is CC(=O)CCCCCCCCCCCCCCc1ccc2ccccc2n1. The summed E-state index contributed by atoms with van der Waals surface area (Å²) in [6, 6.07) is 12.7. The van der Waals surface area contributed by atoms with Crippen LogP contribution in [0.1, 0.15) is 96.1 Å². The number of hydrogen-bond donors (Lipinski definition) is 0. The molecular weight excluding hydrogens is 330 g/mol. The lowest BCUT2D eigenvalue weighted by atomic mass is 10.0. The number of aromatic nitrogens is 1. The minimum atomic E-state index is 0.337. The quantitative estimate of drug-likeness (QED) is 0.306. The molecule has 2 nitrogen and oxygen atoms in total. The zero-order valence-electron chi connectivity index (χ0n) is 17.2. The molecule has 0 saturated heterocycles. The Kier molecular flexibility index (Phi) is 10.8. The zero-order chi connectivity index (χ0) is 19.2. The Morgan fingerprint density at radius 3 is 1.89 bits per heavy atom. The average Bonchev–Trinajstić information content (AvgIpc) is 2.68. The van der Waals surface area contributed by atoms with Gasteiger partial charge >= 0.3 is 0 Å². The molecule has 27 heavy (non-hydrogen) atoms. The van der Waals surface area contributed by atoms with E-state index in [2.05, 4.69) is 36.4 Å². The molecule has 2 aromatic rings. The van der Waals surface area contributed by atoms with E-state index in [4.69, 9.17) is 4.98 Å². The van der Waals surface area contributed by atoms with Crippen LogP contribution in [0.4, 0.5) is 0 Å². The number of hydrogen-bond acceptors (Lipinski definition) is 2. The summed E-state index contributed by atoms with van der Waals surface area (Å²) in [5, 5.41) is 1.23. The molecule has 0 atom stereocenters. The van der Waals surface area contributed by atoms with Crippen LogP contribution in [-0.2, 0) is 11.2 Å². The second-order valence-corrected chi connectivity index (χ2v) is 7.94. The van der Waals surface area contributed by atoms with E-state index in [1.807, 2.05) is 0 Å². The Bertz CT molecular complexity index is 664. The number of para-hydroxylation sites is 1. The normalized spacial score (nSPS) is 11.1. The number of nitrogens with zero attached hydrogens (tertiary/aromatic N) is 1. The molecule has 0 amide bonds. The van der Waals surface area contributed by atoms with E-state index >= 15 is 0 Å². The maximum atomic E-state index is 10.9. The number of pyridine rings is 1. The Labute approximate surface area is 165 Å². The van der Waals surface area contributed by atoms with E-state index in [0.717, 1.165) is 24.8 Å². The molecule has 0 fully saturated rings. The van der Waals surface area contributed by atoms with Crippen molar-refractivity contribution >= 4 is 16.7 Å². The van der Waals surface area contributed by atoms with Crippen molar-refractivity contribution in [2.45, 2.75) is 96.8 Å². The molecule has 0 saturated carbocycles. The summed E-state index contributed by atoms with van der Waals surface area (Å²) in [5.74, 6) is 0.337. The number of carbonyl (C=O) groups is 1. The lowest BCUT2D eigenvalue weighted by Crippen LogP contribution is -1.91. The minimum absolute atomic E-state index is 0.337. The van der Waals surface area contributed by atoms with Crippen LogP contribution in [0.2, 0.25) is 0 Å². The predicted octanol–water partition coefficient (Wildman–Crippen LogP) is 7.44. The largest absolute Gasteiger partial charge is 0.300 e. The van der Waals surface area contributed by atoms with Crippen molar-refractivity contribution in [1.82, 2.24) is 4.98 Å². The molecule has 1 heterocycles. The monoisotopic (exact) mass is 367 g/mol. The number of fused-ring (bicyclic) bond motifs is 1. The molecule has 2 rings (SSSR count). The maximum absolute atomic E-state index is 10.9. The van der Waals surface area contributed by atoms with Crippen molar-refractivity contribution in [3.05, 3.63) is 42.1 Å². The number of carbonyl (C=O) groups excluding carboxylic acids is 1. The summed E-state index contributed by atoms with van der Waals surface area (Å²) in [4.78, 5) is 15.6. The van der Waals surface area contributed by atoms with E-state index in [0.29, 0.717) is 5.78 Å². The Morgan fingerprint density at radius 2 is 1.26 bits per heavy atom. The second kappa shape index (κ2) is 13.5. The van der Waals surface area contributed by atoms with Gasteiger partial charge in [0.2, 0.25) is 0 Å². The highest BCUT2D eigenvalue weighted by atomic mass is 16.1. The Morgan fingerprint density at radius 1 is 0.704 bits per heavy atom. The van der Waals surface area contributed by atoms with Gasteiger partial charge in [0.1, 0.15) is 5.78 Å². The van der Waals surface area contributed by atoms with Gasteiger partial charge in [0.15, 0.2) is 0 Å². The number of rotatable bonds is 15. The predicted molar refractivity (Wildman–Crippen MR) is 116 cm³/mol. The highest BCUT2D eigenvalue weighted by Crippen LogP contribution is 2.15. The van der Waals surface area contributed by atoms with Crippen LogP contribution < -0.4 is 0 Å². The third-order valence-electron chi connectivity index (χ3n) is 5.37. The van der Waals surface area contributed by atoms with Gasteiger partial charge in [-0.15, -0.1) is 0 Å². The zero-order valence-corrected chi connectivity index (χ0v) is 17.2. The van der Waals surface area contributed by atoms with Crippen molar-refractivity contribution in [3.63, 3.8) is 0 Å². The molecule has 0 bridgehead atoms. The van der Waals surface area contributed by atoms with Gasteiger partial charge in [-0.05, 0) is 38.3 Å². The van der Waals surface area contributed by atoms with Crippen molar-refractivity contribution in [2.24, 2.45) is 0 Å². The summed E-state index contributed by atoms with van der Waals surface area (Å²) < 4.78 is 0. The fourth-order valence-corrected chi connectivity index (χ4v) is 3.70. The highest BCUT2D eigenvalue weighted by Gasteiger charge is 1.99. The third-order valence-corrected chi connectivity index (χ3v) is 5.37. The first-order valence-electron chi connectivity index (χ1n) is 11.1. The molecule has 1 aromatic heterocycles. The molecule has 0 N–H and O–H groups in total. The van der Waals surface area contributed by atoms with Crippen molar-refractivity contribution in [1.29, 1.82) is 0 Å². The summed E-state index contributed by atoms with van der Waals surface area (Å²) in [5.41, 5.74) is 2.35. The molecule has 0 aliphatic rings. The van der Waals surface area contributed by atoms with Gasteiger partial charge in [0.05, 0.1) is 5.52 Å². The highest BCUT2D eigenvalue weighted by molar-refractivity contribution is 5.78. The number of aryl methyl sites for hydroxylation is 1. The van der Waals surface area contributed by atoms with Crippen LogP contribution in [-0.4, -0.2) is 10.8 Å².